The van der Waals surface area contributed by atoms with Crippen LogP contribution in [0.2, 0.25) is 0 Å². The number of aryl methyl sites for hydroxylation is 1. The summed E-state index contributed by atoms with van der Waals surface area (Å²) in [5.41, 5.74) is 1.95. The van der Waals surface area contributed by atoms with Crippen LogP contribution in [-0.2, 0) is 16.8 Å². The number of benzene rings is 1. The zero-order valence-electron chi connectivity index (χ0n) is 22.3. The number of carbonyl (C=O) groups is 2. The number of rotatable bonds is 6. The van der Waals surface area contributed by atoms with Gasteiger partial charge in [0.1, 0.15) is 5.54 Å². The molecule has 2 unspecified atom stereocenters. The Hall–Kier alpha value is -4.21. The zero-order valence-corrected chi connectivity index (χ0v) is 22.3. The first kappa shape index (κ1) is 25.1. The van der Waals surface area contributed by atoms with Crippen molar-refractivity contribution in [2.75, 3.05) is 42.5 Å². The van der Waals surface area contributed by atoms with E-state index in [4.69, 9.17) is 0 Å². The number of amides is 3. The first-order valence-electron chi connectivity index (χ1n) is 13.5. The fourth-order valence-electron chi connectivity index (χ4n) is 6.23. The Morgan fingerprint density at radius 3 is 2.38 bits per heavy atom. The fourth-order valence-corrected chi connectivity index (χ4v) is 6.23. The fraction of sp³-hybridized carbons (Fsp3) is 0.414. The summed E-state index contributed by atoms with van der Waals surface area (Å²) in [6.07, 6.45) is 4.82. The number of pyridine rings is 1. The van der Waals surface area contributed by atoms with Crippen molar-refractivity contribution in [2.45, 2.75) is 44.2 Å². The Morgan fingerprint density at radius 1 is 0.897 bits per heavy atom. The third kappa shape index (κ3) is 4.43. The van der Waals surface area contributed by atoms with E-state index in [0.29, 0.717) is 25.5 Å². The Labute approximate surface area is 227 Å². The molecule has 10 nitrogen and oxygen atoms in total. The van der Waals surface area contributed by atoms with Gasteiger partial charge in [-0.25, -0.2) is 14.8 Å². The van der Waals surface area contributed by atoms with Gasteiger partial charge in [-0.15, -0.1) is 0 Å². The third-order valence-electron chi connectivity index (χ3n) is 8.53. The molecular formula is C29H33N7O3. The van der Waals surface area contributed by atoms with E-state index in [0.717, 1.165) is 30.9 Å². The molecule has 0 radical (unpaired) electrons. The number of urea groups is 1. The maximum atomic E-state index is 13.4. The van der Waals surface area contributed by atoms with E-state index in [-0.39, 0.29) is 30.0 Å². The van der Waals surface area contributed by atoms with Gasteiger partial charge in [-0.3, -0.25) is 14.5 Å². The number of imide groups is 1. The van der Waals surface area contributed by atoms with Crippen LogP contribution in [0.25, 0.3) is 0 Å². The molecule has 0 bridgehead atoms. The number of hydrogen-bond donors (Lipinski definition) is 1. The lowest BCUT2D eigenvalue weighted by molar-refractivity contribution is -0.130. The average molecular weight is 528 g/mol. The molecule has 2 aromatic heterocycles. The zero-order chi connectivity index (χ0) is 27.2. The first-order chi connectivity index (χ1) is 18.8. The summed E-state index contributed by atoms with van der Waals surface area (Å²) >= 11 is 0. The summed E-state index contributed by atoms with van der Waals surface area (Å²) in [4.78, 5) is 53.4. The number of hydrogen-bond acceptors (Lipinski definition) is 7. The lowest BCUT2D eigenvalue weighted by Gasteiger charge is -2.26. The van der Waals surface area contributed by atoms with E-state index in [1.54, 1.807) is 29.1 Å². The number of anilines is 2. The van der Waals surface area contributed by atoms with Gasteiger partial charge in [0, 0.05) is 68.0 Å². The molecule has 39 heavy (non-hydrogen) atoms. The van der Waals surface area contributed by atoms with Crippen molar-refractivity contribution in [1.29, 1.82) is 0 Å². The van der Waals surface area contributed by atoms with Crippen LogP contribution in [-0.4, -0.2) is 69.6 Å². The highest BCUT2D eigenvalue weighted by Crippen LogP contribution is 2.36. The average Bonchev–Trinajstić information content (AvgIpc) is 3.62. The van der Waals surface area contributed by atoms with Crippen molar-refractivity contribution in [3.05, 3.63) is 82.5 Å². The van der Waals surface area contributed by atoms with Crippen LogP contribution in [0.4, 0.5) is 16.4 Å². The van der Waals surface area contributed by atoms with Gasteiger partial charge in [0.15, 0.2) is 0 Å². The summed E-state index contributed by atoms with van der Waals surface area (Å²) in [5, 5.41) is 2.91. The van der Waals surface area contributed by atoms with Crippen LogP contribution in [0.1, 0.15) is 31.0 Å². The molecule has 3 aliphatic rings. The highest BCUT2D eigenvalue weighted by atomic mass is 16.2. The highest BCUT2D eigenvalue weighted by Gasteiger charge is 2.55. The maximum absolute atomic E-state index is 13.4. The molecule has 1 N–H and O–H groups in total. The van der Waals surface area contributed by atoms with Crippen LogP contribution in [0, 0.1) is 6.92 Å². The summed E-state index contributed by atoms with van der Waals surface area (Å²) in [7, 11) is 0. The second-order valence-corrected chi connectivity index (χ2v) is 11.1. The minimum Gasteiger partial charge on any atom is -0.370 e. The lowest BCUT2D eigenvalue weighted by atomic mass is 9.82. The minimum absolute atomic E-state index is 0.0336. The molecule has 3 aromatic rings. The number of nitrogens with zero attached hydrogens (tertiary/aromatic N) is 6. The molecule has 1 aromatic carbocycles. The lowest BCUT2D eigenvalue weighted by Crippen LogP contribution is -2.49. The Balaban J connectivity index is 1.13. The summed E-state index contributed by atoms with van der Waals surface area (Å²) in [5.74, 6) is 0.282. The molecule has 1 spiro atoms. The molecule has 3 amide bonds. The van der Waals surface area contributed by atoms with E-state index in [1.807, 2.05) is 24.0 Å². The second kappa shape index (κ2) is 9.52. The predicted molar refractivity (Wildman–Crippen MR) is 148 cm³/mol. The van der Waals surface area contributed by atoms with Crippen LogP contribution in [0.3, 0.4) is 0 Å². The van der Waals surface area contributed by atoms with Crippen molar-refractivity contribution in [3.63, 3.8) is 0 Å². The van der Waals surface area contributed by atoms with Gasteiger partial charge in [-0.2, -0.15) is 0 Å². The topological polar surface area (TPSA) is 104 Å². The Morgan fingerprint density at radius 2 is 1.64 bits per heavy atom. The number of carbonyl (C=O) groups excluding carboxylic acids is 2. The molecule has 0 aliphatic carbocycles. The Bertz CT molecular complexity index is 1460. The monoisotopic (exact) mass is 527 g/mol. The first-order valence-corrected chi connectivity index (χ1v) is 13.5. The molecule has 6 rings (SSSR count). The van der Waals surface area contributed by atoms with Gasteiger partial charge in [-0.05, 0) is 37.5 Å². The maximum Gasteiger partial charge on any atom is 0.325 e. The van der Waals surface area contributed by atoms with E-state index in [2.05, 4.69) is 51.4 Å². The van der Waals surface area contributed by atoms with Crippen LogP contribution < -0.4 is 20.7 Å². The van der Waals surface area contributed by atoms with Gasteiger partial charge >= 0.3 is 6.03 Å². The molecule has 3 fully saturated rings. The standard InChI is InChI=1S/C29H33N7O3/c1-21-17-23(33-13-9-28(2,19-33)22-7-4-3-5-8-22)18-24(37)35(21)15-16-36-25(38)29(32-27(36)39)10-14-34(20-29)26-30-11-6-12-31-26/h3-8,11-12,17-18H,9-10,13-16,19-20H2,1-2H3,(H,32,39). The van der Waals surface area contributed by atoms with Crippen LogP contribution >= 0.6 is 0 Å². The van der Waals surface area contributed by atoms with Gasteiger partial charge < -0.3 is 19.7 Å². The van der Waals surface area contributed by atoms with Gasteiger partial charge in [-0.1, -0.05) is 37.3 Å². The van der Waals surface area contributed by atoms with E-state index in [9.17, 15) is 14.4 Å². The highest BCUT2D eigenvalue weighted by molar-refractivity contribution is 6.07. The van der Waals surface area contributed by atoms with Crippen LogP contribution in [0.5, 0.6) is 0 Å². The largest absolute Gasteiger partial charge is 0.370 e. The molecule has 10 heteroatoms. The summed E-state index contributed by atoms with van der Waals surface area (Å²) < 4.78 is 1.64. The van der Waals surface area contributed by atoms with Crippen molar-refractivity contribution < 1.29 is 9.59 Å². The molecule has 3 saturated heterocycles. The normalized spacial score (nSPS) is 24.7. The van der Waals surface area contributed by atoms with Crippen molar-refractivity contribution in [3.8, 4) is 0 Å². The van der Waals surface area contributed by atoms with Crippen LogP contribution in [0.15, 0.2) is 65.7 Å². The van der Waals surface area contributed by atoms with Crippen molar-refractivity contribution >= 4 is 23.6 Å². The summed E-state index contributed by atoms with van der Waals surface area (Å²) in [6.45, 7) is 7.17. The predicted octanol–water partition coefficient (Wildman–Crippen LogP) is 2.32. The van der Waals surface area contributed by atoms with E-state index >= 15 is 0 Å². The third-order valence-corrected chi connectivity index (χ3v) is 8.53. The molecule has 5 heterocycles. The van der Waals surface area contributed by atoms with Gasteiger partial charge in [0.25, 0.3) is 11.5 Å². The number of nitrogens with one attached hydrogen (secondary N) is 1. The van der Waals surface area contributed by atoms with Crippen molar-refractivity contribution in [2.24, 2.45) is 0 Å². The molecule has 202 valence electrons. The van der Waals surface area contributed by atoms with Gasteiger partial charge in [0.2, 0.25) is 5.95 Å². The minimum atomic E-state index is -0.985. The molecule has 0 saturated carbocycles. The quantitative estimate of drug-likeness (QED) is 0.491. The molecular weight excluding hydrogens is 494 g/mol. The van der Waals surface area contributed by atoms with E-state index in [1.165, 1.54) is 10.5 Å². The molecule has 2 atom stereocenters. The smallest absolute Gasteiger partial charge is 0.325 e. The van der Waals surface area contributed by atoms with E-state index < -0.39 is 11.6 Å². The molecule has 3 aliphatic heterocycles. The van der Waals surface area contributed by atoms with Crippen molar-refractivity contribution in [1.82, 2.24) is 24.8 Å². The van der Waals surface area contributed by atoms with Gasteiger partial charge in [0.05, 0.1) is 6.54 Å². The SMILES string of the molecule is Cc1cc(N2CCC(C)(c3ccccc3)C2)cc(=O)n1CCN1C(=O)NC2(CCN(c3ncccn3)C2)C1=O. The summed E-state index contributed by atoms with van der Waals surface area (Å²) in [6, 6.07) is 15.5. The second-order valence-electron chi connectivity index (χ2n) is 11.1. The number of aromatic nitrogens is 3. The Kier molecular flexibility index (Phi) is 6.12.